The van der Waals surface area contributed by atoms with Crippen LogP contribution in [0.1, 0.15) is 43.0 Å². The van der Waals surface area contributed by atoms with Crippen LogP contribution in [0.5, 0.6) is 0 Å². The van der Waals surface area contributed by atoms with E-state index in [9.17, 15) is 0 Å². The van der Waals surface area contributed by atoms with Gasteiger partial charge >= 0.3 is 0 Å². The number of nitrogens with zero attached hydrogens (tertiary/aromatic N) is 2. The fraction of sp³-hybridized carbons (Fsp3) is 0.692. The van der Waals surface area contributed by atoms with Crippen LogP contribution in [0.4, 0.5) is 0 Å². The first-order chi connectivity index (χ1) is 8.35. The fourth-order valence-electron chi connectivity index (χ4n) is 2.19. The Hall–Kier alpha value is -0.610. The van der Waals surface area contributed by atoms with Gasteiger partial charge < -0.3 is 5.32 Å². The van der Waals surface area contributed by atoms with Gasteiger partial charge in [0.25, 0.3) is 0 Å². The molecule has 1 aliphatic rings. The summed E-state index contributed by atoms with van der Waals surface area (Å²) in [4.78, 5) is 9.45. The van der Waals surface area contributed by atoms with Gasteiger partial charge in [-0.3, -0.25) is 0 Å². The van der Waals surface area contributed by atoms with E-state index in [1.807, 2.05) is 11.8 Å². The maximum absolute atomic E-state index is 4.75. The fourth-order valence-corrected chi connectivity index (χ4v) is 2.71. The zero-order valence-electron chi connectivity index (χ0n) is 10.8. The summed E-state index contributed by atoms with van der Waals surface area (Å²) in [7, 11) is 0. The Morgan fingerprint density at radius 2 is 2.18 bits per heavy atom. The Kier molecular flexibility index (Phi) is 4.80. The number of hydrogen-bond donors (Lipinski definition) is 1. The lowest BCUT2D eigenvalue weighted by Gasteiger charge is -2.19. The largest absolute Gasteiger partial charge is 0.311 e. The van der Waals surface area contributed by atoms with Gasteiger partial charge in [-0.2, -0.15) is 11.8 Å². The first-order valence-corrected chi connectivity index (χ1v) is 7.66. The molecule has 0 saturated heterocycles. The van der Waals surface area contributed by atoms with Gasteiger partial charge in [0.1, 0.15) is 5.82 Å². The van der Waals surface area contributed by atoms with Gasteiger partial charge in [-0.05, 0) is 30.7 Å². The van der Waals surface area contributed by atoms with Crippen LogP contribution in [-0.2, 0) is 25.1 Å². The van der Waals surface area contributed by atoms with Crippen LogP contribution in [0.3, 0.4) is 0 Å². The van der Waals surface area contributed by atoms with Crippen LogP contribution in [0.2, 0.25) is 0 Å². The summed E-state index contributed by atoms with van der Waals surface area (Å²) < 4.78 is 0. The van der Waals surface area contributed by atoms with E-state index in [1.54, 1.807) is 0 Å². The zero-order valence-corrected chi connectivity index (χ0v) is 11.6. The highest BCUT2D eigenvalue weighted by molar-refractivity contribution is 7.98. The summed E-state index contributed by atoms with van der Waals surface area (Å²) in [5.74, 6) is 3.09. The van der Waals surface area contributed by atoms with Crippen LogP contribution in [0.25, 0.3) is 0 Å². The monoisotopic (exact) mass is 251 g/mol. The van der Waals surface area contributed by atoms with Crippen molar-refractivity contribution in [3.8, 4) is 0 Å². The third-order valence-corrected chi connectivity index (χ3v) is 3.86. The summed E-state index contributed by atoms with van der Waals surface area (Å²) in [5, 5.41) is 3.40. The number of rotatable bonds is 5. The molecular formula is C13H21N3S. The molecule has 1 N–H and O–H groups in total. The Bertz CT molecular complexity index is 379. The quantitative estimate of drug-likeness (QED) is 0.871. The van der Waals surface area contributed by atoms with E-state index in [1.165, 1.54) is 17.0 Å². The lowest BCUT2D eigenvalue weighted by molar-refractivity contribution is 0.608. The lowest BCUT2D eigenvalue weighted by Crippen LogP contribution is -2.27. The van der Waals surface area contributed by atoms with Crippen LogP contribution in [0.15, 0.2) is 0 Å². The summed E-state index contributed by atoms with van der Waals surface area (Å²) in [6, 6.07) is 0. The van der Waals surface area contributed by atoms with Crippen molar-refractivity contribution in [2.24, 2.45) is 0 Å². The average molecular weight is 251 g/mol. The van der Waals surface area contributed by atoms with Crippen molar-refractivity contribution in [2.75, 3.05) is 12.3 Å². The van der Waals surface area contributed by atoms with Gasteiger partial charge in [-0.25, -0.2) is 9.97 Å². The molecule has 3 nitrogen and oxygen atoms in total. The van der Waals surface area contributed by atoms with Crippen LogP contribution in [0, 0.1) is 0 Å². The second-order valence-corrected chi connectivity index (χ2v) is 5.60. The summed E-state index contributed by atoms with van der Waals surface area (Å²) in [6.45, 7) is 6.38. The molecule has 0 spiro atoms. The van der Waals surface area contributed by atoms with E-state index in [0.29, 0.717) is 0 Å². The normalized spacial score (nSPS) is 14.7. The van der Waals surface area contributed by atoms with E-state index >= 15 is 0 Å². The maximum atomic E-state index is 4.75. The molecule has 17 heavy (non-hydrogen) atoms. The molecule has 1 aliphatic heterocycles. The van der Waals surface area contributed by atoms with Gasteiger partial charge in [0.15, 0.2) is 0 Å². The van der Waals surface area contributed by atoms with Gasteiger partial charge in [-0.1, -0.05) is 20.3 Å². The van der Waals surface area contributed by atoms with Gasteiger partial charge in [0.2, 0.25) is 0 Å². The number of fused-ring (bicyclic) bond motifs is 1. The van der Waals surface area contributed by atoms with Crippen molar-refractivity contribution >= 4 is 11.8 Å². The second kappa shape index (κ2) is 6.36. The highest BCUT2D eigenvalue weighted by atomic mass is 32.2. The van der Waals surface area contributed by atoms with Crippen molar-refractivity contribution in [1.82, 2.24) is 15.3 Å². The Morgan fingerprint density at radius 1 is 1.29 bits per heavy atom. The van der Waals surface area contributed by atoms with Crippen molar-refractivity contribution in [3.63, 3.8) is 0 Å². The molecule has 94 valence electrons. The van der Waals surface area contributed by atoms with Crippen LogP contribution >= 0.6 is 11.8 Å². The predicted octanol–water partition coefficient (Wildman–Crippen LogP) is 2.33. The van der Waals surface area contributed by atoms with Crippen molar-refractivity contribution < 1.29 is 0 Å². The van der Waals surface area contributed by atoms with Gasteiger partial charge in [0, 0.05) is 12.2 Å². The predicted molar refractivity (Wildman–Crippen MR) is 73.3 cm³/mol. The first kappa shape index (κ1) is 12.8. The molecule has 0 amide bonds. The number of aryl methyl sites for hydroxylation is 1. The molecule has 1 aromatic rings. The van der Waals surface area contributed by atoms with Gasteiger partial charge in [-0.15, -0.1) is 0 Å². The number of hydrogen-bond acceptors (Lipinski definition) is 4. The minimum Gasteiger partial charge on any atom is -0.311 e. The molecule has 0 unspecified atom stereocenters. The molecule has 0 aromatic carbocycles. The molecule has 0 aliphatic carbocycles. The average Bonchev–Trinajstić information content (AvgIpc) is 2.37. The topological polar surface area (TPSA) is 37.8 Å². The summed E-state index contributed by atoms with van der Waals surface area (Å²) in [5.41, 5.74) is 3.95. The molecule has 0 atom stereocenters. The van der Waals surface area contributed by atoms with E-state index in [2.05, 4.69) is 19.2 Å². The van der Waals surface area contributed by atoms with Crippen LogP contribution in [-0.4, -0.2) is 22.3 Å². The molecule has 1 aromatic heterocycles. The van der Waals surface area contributed by atoms with Crippen molar-refractivity contribution in [3.05, 3.63) is 22.8 Å². The number of thioether (sulfide) groups is 1. The van der Waals surface area contributed by atoms with Gasteiger partial charge in [0.05, 0.1) is 11.4 Å². The van der Waals surface area contributed by atoms with Crippen LogP contribution < -0.4 is 5.32 Å². The van der Waals surface area contributed by atoms with E-state index in [-0.39, 0.29) is 0 Å². The molecular weight excluding hydrogens is 230 g/mol. The third-order valence-electron chi connectivity index (χ3n) is 2.99. The minimum absolute atomic E-state index is 0.915. The summed E-state index contributed by atoms with van der Waals surface area (Å²) >= 11 is 1.89. The zero-order chi connectivity index (χ0) is 12.1. The molecule has 2 rings (SSSR count). The molecule has 0 fully saturated rings. The highest BCUT2D eigenvalue weighted by Crippen LogP contribution is 2.19. The molecule has 4 heteroatoms. The lowest BCUT2D eigenvalue weighted by atomic mass is 10.0. The number of aromatic nitrogens is 2. The highest BCUT2D eigenvalue weighted by Gasteiger charge is 2.16. The van der Waals surface area contributed by atoms with E-state index in [4.69, 9.17) is 9.97 Å². The van der Waals surface area contributed by atoms with E-state index in [0.717, 1.165) is 49.7 Å². The molecule has 0 radical (unpaired) electrons. The Balaban J connectivity index is 2.27. The maximum Gasteiger partial charge on any atom is 0.138 e. The molecule has 0 saturated carbocycles. The number of nitrogens with one attached hydrogen (secondary N) is 1. The molecule has 0 bridgehead atoms. The first-order valence-electron chi connectivity index (χ1n) is 6.51. The summed E-state index contributed by atoms with van der Waals surface area (Å²) in [6.07, 6.45) is 3.34. The third kappa shape index (κ3) is 3.19. The smallest absolute Gasteiger partial charge is 0.138 e. The Labute approximate surface area is 108 Å². The SMILES string of the molecule is CCCc1nc(CSCC)nc2c1CCNC2. The van der Waals surface area contributed by atoms with Crippen molar-refractivity contribution in [1.29, 1.82) is 0 Å². The van der Waals surface area contributed by atoms with E-state index < -0.39 is 0 Å². The van der Waals surface area contributed by atoms with Crippen molar-refractivity contribution in [2.45, 2.75) is 45.4 Å². The Morgan fingerprint density at radius 3 is 2.94 bits per heavy atom. The molecule has 2 heterocycles. The standard InChI is InChI=1S/C13H21N3S/c1-3-5-11-10-6-7-14-8-12(10)16-13(15-11)9-17-4-2/h14H,3-9H2,1-2H3. The second-order valence-electron chi connectivity index (χ2n) is 4.33. The minimum atomic E-state index is 0.915.